The van der Waals surface area contributed by atoms with Crippen LogP contribution in [0.5, 0.6) is 5.75 Å². The van der Waals surface area contributed by atoms with Crippen LogP contribution in [0.25, 0.3) is 10.9 Å². The molecule has 3 aromatic rings. The molecule has 1 heterocycles. The van der Waals surface area contributed by atoms with Gasteiger partial charge in [0.2, 0.25) is 0 Å². The van der Waals surface area contributed by atoms with Crippen molar-refractivity contribution in [3.63, 3.8) is 0 Å². The topological polar surface area (TPSA) is 86.8 Å². The zero-order chi connectivity index (χ0) is 23.1. The number of aromatic nitrogens is 1. The molecule has 0 fully saturated rings. The summed E-state index contributed by atoms with van der Waals surface area (Å²) in [4.78, 5) is 29.2. The molecule has 0 aliphatic rings. The lowest BCUT2D eigenvalue weighted by Crippen LogP contribution is -2.10. The van der Waals surface area contributed by atoms with Crippen LogP contribution in [0.2, 0.25) is 0 Å². The van der Waals surface area contributed by atoms with Crippen molar-refractivity contribution < 1.29 is 23.8 Å². The predicted octanol–water partition coefficient (Wildman–Crippen LogP) is 5.37. The van der Waals surface area contributed by atoms with Gasteiger partial charge in [0.1, 0.15) is 11.3 Å². The van der Waals surface area contributed by atoms with E-state index in [9.17, 15) is 9.59 Å². The first kappa shape index (κ1) is 23.1. The van der Waals surface area contributed by atoms with E-state index in [-0.39, 0.29) is 18.8 Å². The summed E-state index contributed by atoms with van der Waals surface area (Å²) in [6.45, 7) is 8.81. The van der Waals surface area contributed by atoms with Crippen LogP contribution in [0.3, 0.4) is 0 Å². The minimum Gasteiger partial charge on any atom is -0.493 e. The average Bonchev–Trinajstić information content (AvgIpc) is 2.78. The molecule has 0 saturated heterocycles. The minimum absolute atomic E-state index is 0.237. The number of esters is 2. The van der Waals surface area contributed by atoms with Crippen LogP contribution in [0, 0.1) is 5.92 Å². The van der Waals surface area contributed by atoms with Gasteiger partial charge >= 0.3 is 11.9 Å². The first-order valence-electron chi connectivity index (χ1n) is 10.7. The number of nitrogens with one attached hydrogen (secondary N) is 1. The number of benzene rings is 2. The lowest BCUT2D eigenvalue weighted by Gasteiger charge is -2.15. The molecule has 0 spiro atoms. The Morgan fingerprint density at radius 2 is 1.66 bits per heavy atom. The van der Waals surface area contributed by atoms with Gasteiger partial charge in [-0.3, -0.25) is 4.98 Å². The maximum atomic E-state index is 12.6. The molecular formula is C25H28N2O5. The number of pyridine rings is 1. The lowest BCUT2D eigenvalue weighted by molar-refractivity contribution is 0.0518. The van der Waals surface area contributed by atoms with Gasteiger partial charge in [-0.2, -0.15) is 0 Å². The molecule has 0 aliphatic carbocycles. The minimum atomic E-state index is -0.497. The van der Waals surface area contributed by atoms with E-state index in [0.29, 0.717) is 34.7 Å². The van der Waals surface area contributed by atoms with Gasteiger partial charge < -0.3 is 19.5 Å². The summed E-state index contributed by atoms with van der Waals surface area (Å²) in [6, 6.07) is 12.5. The summed E-state index contributed by atoms with van der Waals surface area (Å²) in [5, 5.41) is 3.91. The fraction of sp³-hybridized carbons (Fsp3) is 0.320. The Morgan fingerprint density at radius 3 is 2.31 bits per heavy atom. The third kappa shape index (κ3) is 5.55. The van der Waals surface area contributed by atoms with E-state index < -0.39 is 11.9 Å². The highest BCUT2D eigenvalue weighted by molar-refractivity contribution is 6.07. The first-order chi connectivity index (χ1) is 15.4. The number of ether oxygens (including phenoxy) is 3. The van der Waals surface area contributed by atoms with Gasteiger partial charge in [0.05, 0.1) is 36.6 Å². The van der Waals surface area contributed by atoms with Crippen molar-refractivity contribution in [2.75, 3.05) is 25.1 Å². The zero-order valence-electron chi connectivity index (χ0n) is 18.8. The summed E-state index contributed by atoms with van der Waals surface area (Å²) >= 11 is 0. The highest BCUT2D eigenvalue weighted by atomic mass is 16.5. The second kappa shape index (κ2) is 10.6. The highest BCUT2D eigenvalue weighted by Gasteiger charge is 2.19. The number of carbonyl (C=O) groups excluding carboxylic acids is 2. The van der Waals surface area contributed by atoms with Gasteiger partial charge in [-0.05, 0) is 62.2 Å². The lowest BCUT2D eigenvalue weighted by atomic mass is 10.1. The van der Waals surface area contributed by atoms with Crippen LogP contribution in [0.15, 0.2) is 48.7 Å². The van der Waals surface area contributed by atoms with Gasteiger partial charge in [0, 0.05) is 17.3 Å². The van der Waals surface area contributed by atoms with Crippen molar-refractivity contribution in [1.29, 1.82) is 0 Å². The summed E-state index contributed by atoms with van der Waals surface area (Å²) in [5.74, 6) is 0.257. The van der Waals surface area contributed by atoms with Crippen LogP contribution in [0.4, 0.5) is 11.4 Å². The van der Waals surface area contributed by atoms with Crippen LogP contribution in [-0.2, 0) is 9.47 Å². The monoisotopic (exact) mass is 436 g/mol. The van der Waals surface area contributed by atoms with Crippen molar-refractivity contribution in [2.45, 2.75) is 27.7 Å². The molecule has 3 rings (SSSR count). The number of hydrogen-bond acceptors (Lipinski definition) is 7. The van der Waals surface area contributed by atoms with E-state index >= 15 is 0 Å². The van der Waals surface area contributed by atoms with Gasteiger partial charge in [0.15, 0.2) is 0 Å². The second-order valence-corrected chi connectivity index (χ2v) is 7.57. The van der Waals surface area contributed by atoms with Gasteiger partial charge in [-0.15, -0.1) is 0 Å². The van der Waals surface area contributed by atoms with Crippen molar-refractivity contribution >= 4 is 34.2 Å². The standard InChI is InChI=1S/C25H28N2O5/c1-5-30-24(28)17-7-12-22-20(13-17)23(21(14-26-22)25(29)31-6-2)27-18-8-10-19(11-9-18)32-15-16(3)4/h7-14,16H,5-6,15H2,1-4H3,(H,26,27). The summed E-state index contributed by atoms with van der Waals surface area (Å²) in [7, 11) is 0. The van der Waals surface area contributed by atoms with E-state index in [1.807, 2.05) is 24.3 Å². The maximum Gasteiger partial charge on any atom is 0.341 e. The number of anilines is 2. The fourth-order valence-electron chi connectivity index (χ4n) is 3.07. The number of fused-ring (bicyclic) bond motifs is 1. The molecule has 0 bridgehead atoms. The third-order valence-corrected chi connectivity index (χ3v) is 4.58. The fourth-order valence-corrected chi connectivity index (χ4v) is 3.07. The van der Waals surface area contributed by atoms with E-state index in [2.05, 4.69) is 24.1 Å². The normalized spacial score (nSPS) is 10.8. The molecule has 168 valence electrons. The van der Waals surface area contributed by atoms with Gasteiger partial charge in [0.25, 0.3) is 0 Å². The molecular weight excluding hydrogens is 408 g/mol. The van der Waals surface area contributed by atoms with Gasteiger partial charge in [-0.25, -0.2) is 9.59 Å². The Balaban J connectivity index is 2.02. The maximum absolute atomic E-state index is 12.6. The average molecular weight is 437 g/mol. The van der Waals surface area contributed by atoms with E-state index in [1.165, 1.54) is 6.20 Å². The summed E-state index contributed by atoms with van der Waals surface area (Å²) in [6.07, 6.45) is 1.48. The first-order valence-corrected chi connectivity index (χ1v) is 10.7. The molecule has 0 radical (unpaired) electrons. The third-order valence-electron chi connectivity index (χ3n) is 4.58. The second-order valence-electron chi connectivity index (χ2n) is 7.57. The molecule has 0 aliphatic heterocycles. The summed E-state index contributed by atoms with van der Waals surface area (Å²) < 4.78 is 16.1. The molecule has 7 heteroatoms. The van der Waals surface area contributed by atoms with Crippen molar-refractivity contribution in [3.8, 4) is 5.75 Å². The smallest absolute Gasteiger partial charge is 0.341 e. The molecule has 2 aromatic carbocycles. The Bertz CT molecular complexity index is 1090. The van der Waals surface area contributed by atoms with Crippen molar-refractivity contribution in [1.82, 2.24) is 4.98 Å². The molecule has 0 unspecified atom stereocenters. The van der Waals surface area contributed by atoms with Crippen LogP contribution >= 0.6 is 0 Å². The van der Waals surface area contributed by atoms with Crippen LogP contribution in [0.1, 0.15) is 48.4 Å². The Kier molecular flexibility index (Phi) is 7.65. The van der Waals surface area contributed by atoms with E-state index in [1.54, 1.807) is 32.0 Å². The molecule has 0 amide bonds. The molecule has 7 nitrogen and oxygen atoms in total. The number of carbonyl (C=O) groups is 2. The molecule has 1 N–H and O–H groups in total. The number of hydrogen-bond donors (Lipinski definition) is 1. The predicted molar refractivity (Wildman–Crippen MR) is 124 cm³/mol. The van der Waals surface area contributed by atoms with E-state index in [0.717, 1.165) is 11.4 Å². The van der Waals surface area contributed by atoms with E-state index in [4.69, 9.17) is 14.2 Å². The molecule has 32 heavy (non-hydrogen) atoms. The molecule has 1 aromatic heterocycles. The Hall–Kier alpha value is -3.61. The quantitative estimate of drug-likeness (QED) is 0.451. The highest BCUT2D eigenvalue weighted by Crippen LogP contribution is 2.31. The largest absolute Gasteiger partial charge is 0.493 e. The van der Waals surface area contributed by atoms with Crippen molar-refractivity contribution in [2.24, 2.45) is 5.92 Å². The Morgan fingerprint density at radius 1 is 0.969 bits per heavy atom. The van der Waals surface area contributed by atoms with Crippen molar-refractivity contribution in [3.05, 3.63) is 59.8 Å². The number of rotatable bonds is 9. The zero-order valence-corrected chi connectivity index (χ0v) is 18.8. The van der Waals surface area contributed by atoms with Gasteiger partial charge in [-0.1, -0.05) is 13.8 Å². The molecule has 0 saturated carbocycles. The van der Waals surface area contributed by atoms with Crippen LogP contribution < -0.4 is 10.1 Å². The molecule has 0 atom stereocenters. The SMILES string of the molecule is CCOC(=O)c1ccc2ncc(C(=O)OCC)c(Nc3ccc(OCC(C)C)cc3)c2c1. The van der Waals surface area contributed by atoms with Crippen LogP contribution in [-0.4, -0.2) is 36.7 Å². The summed E-state index contributed by atoms with van der Waals surface area (Å²) in [5.41, 5.74) is 2.55. The number of nitrogens with zero attached hydrogens (tertiary/aromatic N) is 1. The Labute approximate surface area is 187 Å².